The summed E-state index contributed by atoms with van der Waals surface area (Å²) in [6.07, 6.45) is 5.07. The summed E-state index contributed by atoms with van der Waals surface area (Å²) in [5, 5.41) is 0. The Morgan fingerprint density at radius 3 is 2.92 bits per heavy atom. The summed E-state index contributed by atoms with van der Waals surface area (Å²) in [6.45, 7) is 8.24. The molecule has 1 aromatic heterocycles. The number of benzene rings is 1. The van der Waals surface area contributed by atoms with Crippen LogP contribution in [0.1, 0.15) is 24.5 Å². The Balaban J connectivity index is 1.46. The summed E-state index contributed by atoms with van der Waals surface area (Å²) in [4.78, 5) is 9.18. The van der Waals surface area contributed by atoms with Gasteiger partial charge in [0.05, 0.1) is 6.61 Å². The first kappa shape index (κ1) is 17.9. The van der Waals surface area contributed by atoms with Gasteiger partial charge in [-0.05, 0) is 62.2 Å². The molecule has 4 nitrogen and oxygen atoms in total. The molecule has 25 heavy (non-hydrogen) atoms. The van der Waals surface area contributed by atoms with Gasteiger partial charge in [-0.1, -0.05) is 18.2 Å². The van der Waals surface area contributed by atoms with Crippen molar-refractivity contribution in [2.24, 2.45) is 5.92 Å². The highest BCUT2D eigenvalue weighted by atomic mass is 16.5. The molecule has 0 spiro atoms. The lowest BCUT2D eigenvalue weighted by atomic mass is 10.1. The van der Waals surface area contributed by atoms with Crippen LogP contribution in [0.4, 0.5) is 0 Å². The van der Waals surface area contributed by atoms with Crippen LogP contribution in [0.5, 0.6) is 5.75 Å². The Bertz CT molecular complexity index is 647. The molecule has 2 heterocycles. The van der Waals surface area contributed by atoms with Crippen LogP contribution < -0.4 is 4.74 Å². The molecule has 1 aromatic carbocycles. The van der Waals surface area contributed by atoms with E-state index in [2.05, 4.69) is 46.1 Å². The molecule has 0 bridgehead atoms. The Labute approximate surface area is 151 Å². The number of aromatic nitrogens is 1. The van der Waals surface area contributed by atoms with Crippen molar-refractivity contribution in [2.45, 2.75) is 26.4 Å². The van der Waals surface area contributed by atoms with Crippen LogP contribution in [-0.4, -0.2) is 48.1 Å². The van der Waals surface area contributed by atoms with E-state index in [4.69, 9.17) is 4.74 Å². The van der Waals surface area contributed by atoms with Gasteiger partial charge in [-0.2, -0.15) is 0 Å². The van der Waals surface area contributed by atoms with Crippen molar-refractivity contribution >= 4 is 0 Å². The average molecular weight is 339 g/mol. The quantitative estimate of drug-likeness (QED) is 0.737. The van der Waals surface area contributed by atoms with E-state index >= 15 is 0 Å². The van der Waals surface area contributed by atoms with Gasteiger partial charge in [-0.15, -0.1) is 0 Å². The Hall–Kier alpha value is -1.91. The van der Waals surface area contributed by atoms with Crippen molar-refractivity contribution in [1.29, 1.82) is 0 Å². The van der Waals surface area contributed by atoms with E-state index in [0.29, 0.717) is 0 Å². The molecule has 0 saturated carbocycles. The summed E-state index contributed by atoms with van der Waals surface area (Å²) in [6, 6.07) is 12.7. The van der Waals surface area contributed by atoms with E-state index in [0.717, 1.165) is 37.9 Å². The SMILES string of the molecule is CCOc1cccc(CN2CC[C@@H](CN(C)Cc3cccnc3)C2)c1. The lowest BCUT2D eigenvalue weighted by Crippen LogP contribution is -2.28. The van der Waals surface area contributed by atoms with Crippen LogP contribution >= 0.6 is 0 Å². The number of pyridine rings is 1. The molecule has 0 radical (unpaired) electrons. The predicted octanol–water partition coefficient (Wildman–Crippen LogP) is 3.43. The third-order valence-corrected chi connectivity index (χ3v) is 4.73. The molecular formula is C21H29N3O. The highest BCUT2D eigenvalue weighted by Crippen LogP contribution is 2.21. The second-order valence-electron chi connectivity index (χ2n) is 7.03. The number of nitrogens with zero attached hydrogens (tertiary/aromatic N) is 3. The molecule has 1 atom stereocenters. The fraction of sp³-hybridized carbons (Fsp3) is 0.476. The molecule has 0 amide bonds. The third-order valence-electron chi connectivity index (χ3n) is 4.73. The zero-order valence-electron chi connectivity index (χ0n) is 15.4. The molecule has 4 heteroatoms. The van der Waals surface area contributed by atoms with Crippen molar-refractivity contribution < 1.29 is 4.74 Å². The lowest BCUT2D eigenvalue weighted by Gasteiger charge is -2.21. The molecular weight excluding hydrogens is 310 g/mol. The topological polar surface area (TPSA) is 28.6 Å². The van der Waals surface area contributed by atoms with E-state index in [1.807, 2.05) is 31.5 Å². The summed E-state index contributed by atoms with van der Waals surface area (Å²) in [5.74, 6) is 1.73. The van der Waals surface area contributed by atoms with Gasteiger partial charge in [0.2, 0.25) is 0 Å². The lowest BCUT2D eigenvalue weighted by molar-refractivity contribution is 0.254. The van der Waals surface area contributed by atoms with Crippen LogP contribution in [0.3, 0.4) is 0 Å². The normalized spacial score (nSPS) is 18.0. The van der Waals surface area contributed by atoms with Gasteiger partial charge < -0.3 is 9.64 Å². The molecule has 134 valence electrons. The van der Waals surface area contributed by atoms with Crippen molar-refractivity contribution in [2.75, 3.05) is 33.3 Å². The highest BCUT2D eigenvalue weighted by Gasteiger charge is 2.23. The maximum atomic E-state index is 5.61. The maximum absolute atomic E-state index is 5.61. The first-order valence-corrected chi connectivity index (χ1v) is 9.24. The molecule has 1 aliphatic rings. The number of hydrogen-bond donors (Lipinski definition) is 0. The number of ether oxygens (including phenoxy) is 1. The largest absolute Gasteiger partial charge is 0.494 e. The van der Waals surface area contributed by atoms with Gasteiger partial charge >= 0.3 is 0 Å². The van der Waals surface area contributed by atoms with Crippen LogP contribution in [0, 0.1) is 5.92 Å². The number of likely N-dealkylation sites (tertiary alicyclic amines) is 1. The highest BCUT2D eigenvalue weighted by molar-refractivity contribution is 5.28. The van der Waals surface area contributed by atoms with Crippen molar-refractivity contribution in [3.05, 3.63) is 59.9 Å². The Kier molecular flexibility index (Phi) is 6.42. The van der Waals surface area contributed by atoms with Crippen LogP contribution in [0.2, 0.25) is 0 Å². The second-order valence-corrected chi connectivity index (χ2v) is 7.03. The van der Waals surface area contributed by atoms with Crippen LogP contribution in [0.25, 0.3) is 0 Å². The summed E-state index contributed by atoms with van der Waals surface area (Å²) >= 11 is 0. The molecule has 2 aromatic rings. The molecule has 0 aliphatic carbocycles. The van der Waals surface area contributed by atoms with E-state index in [1.54, 1.807) is 0 Å². The third kappa shape index (κ3) is 5.55. The second kappa shape index (κ2) is 8.97. The summed E-state index contributed by atoms with van der Waals surface area (Å²) < 4.78 is 5.61. The monoisotopic (exact) mass is 339 g/mol. The zero-order valence-corrected chi connectivity index (χ0v) is 15.4. The molecule has 0 unspecified atom stereocenters. The zero-order chi connectivity index (χ0) is 17.5. The molecule has 3 rings (SSSR count). The van der Waals surface area contributed by atoms with E-state index in [1.165, 1.54) is 30.6 Å². The summed E-state index contributed by atoms with van der Waals surface area (Å²) in [5.41, 5.74) is 2.63. The fourth-order valence-corrected chi connectivity index (χ4v) is 3.67. The Morgan fingerprint density at radius 2 is 2.12 bits per heavy atom. The molecule has 0 N–H and O–H groups in total. The van der Waals surface area contributed by atoms with Gasteiger partial charge in [0.15, 0.2) is 0 Å². The minimum atomic E-state index is 0.721. The van der Waals surface area contributed by atoms with Crippen LogP contribution in [-0.2, 0) is 13.1 Å². The molecule has 1 aliphatic heterocycles. The van der Waals surface area contributed by atoms with Crippen molar-refractivity contribution in [1.82, 2.24) is 14.8 Å². The van der Waals surface area contributed by atoms with Gasteiger partial charge in [0.1, 0.15) is 5.75 Å². The molecule has 1 fully saturated rings. The van der Waals surface area contributed by atoms with Gasteiger partial charge in [0, 0.05) is 38.6 Å². The predicted molar refractivity (Wildman–Crippen MR) is 102 cm³/mol. The first-order chi connectivity index (χ1) is 12.2. The number of rotatable bonds is 8. The van der Waals surface area contributed by atoms with Gasteiger partial charge in [0.25, 0.3) is 0 Å². The van der Waals surface area contributed by atoms with Crippen molar-refractivity contribution in [3.63, 3.8) is 0 Å². The minimum Gasteiger partial charge on any atom is -0.494 e. The van der Waals surface area contributed by atoms with Gasteiger partial charge in [-0.25, -0.2) is 0 Å². The van der Waals surface area contributed by atoms with E-state index in [9.17, 15) is 0 Å². The standard InChI is InChI=1S/C21H29N3O/c1-3-25-21-8-4-6-18(12-21)16-24-11-9-20(17-24)15-23(2)14-19-7-5-10-22-13-19/h4-8,10,12-13,20H,3,9,11,14-17H2,1-2H3/t20-/m0/s1. The summed E-state index contributed by atoms with van der Waals surface area (Å²) in [7, 11) is 2.21. The first-order valence-electron chi connectivity index (χ1n) is 9.24. The Morgan fingerprint density at radius 1 is 1.24 bits per heavy atom. The fourth-order valence-electron chi connectivity index (χ4n) is 3.67. The van der Waals surface area contributed by atoms with Crippen LogP contribution in [0.15, 0.2) is 48.8 Å². The average Bonchev–Trinajstić information content (AvgIpc) is 3.03. The van der Waals surface area contributed by atoms with Gasteiger partial charge in [-0.3, -0.25) is 9.88 Å². The maximum Gasteiger partial charge on any atom is 0.119 e. The van der Waals surface area contributed by atoms with E-state index < -0.39 is 0 Å². The number of hydrogen-bond acceptors (Lipinski definition) is 4. The van der Waals surface area contributed by atoms with E-state index in [-0.39, 0.29) is 0 Å². The molecule has 1 saturated heterocycles. The van der Waals surface area contributed by atoms with Crippen molar-refractivity contribution in [3.8, 4) is 5.75 Å². The minimum absolute atomic E-state index is 0.721. The smallest absolute Gasteiger partial charge is 0.119 e.